The van der Waals surface area contributed by atoms with Crippen LogP contribution in [0.2, 0.25) is 0 Å². The number of nitrogen functional groups attached to an aromatic ring is 1. The molecule has 3 aromatic rings. The lowest BCUT2D eigenvalue weighted by Crippen LogP contribution is -1.92. The molecule has 0 saturated heterocycles. The Morgan fingerprint density at radius 3 is 2.81 bits per heavy atom. The predicted octanol–water partition coefficient (Wildman–Crippen LogP) is 1.37. The van der Waals surface area contributed by atoms with Gasteiger partial charge in [-0.2, -0.15) is 0 Å². The third-order valence-corrected chi connectivity index (χ3v) is 2.37. The lowest BCUT2D eigenvalue weighted by Gasteiger charge is -2.00. The van der Waals surface area contributed by atoms with Gasteiger partial charge < -0.3 is 5.73 Å². The molecule has 3 heterocycles. The molecule has 78 valence electrons. The Morgan fingerprint density at radius 1 is 1.06 bits per heavy atom. The van der Waals surface area contributed by atoms with Crippen molar-refractivity contribution in [3.05, 3.63) is 43.0 Å². The molecule has 0 amide bonds. The normalized spacial score (nSPS) is 10.8. The van der Waals surface area contributed by atoms with Gasteiger partial charge in [0.2, 0.25) is 5.78 Å². The van der Waals surface area contributed by atoms with Gasteiger partial charge in [0.05, 0.1) is 11.9 Å². The van der Waals surface area contributed by atoms with Crippen LogP contribution in [0, 0.1) is 0 Å². The minimum Gasteiger partial charge on any atom is -0.384 e. The molecular weight excluding hydrogens is 202 g/mol. The van der Waals surface area contributed by atoms with Gasteiger partial charge in [-0.25, -0.2) is 15.0 Å². The maximum atomic E-state index is 5.55. The van der Waals surface area contributed by atoms with Crippen molar-refractivity contribution in [1.29, 1.82) is 0 Å². The minimum absolute atomic E-state index is 0.510. The van der Waals surface area contributed by atoms with Crippen LogP contribution in [0.25, 0.3) is 17.0 Å². The van der Waals surface area contributed by atoms with Crippen molar-refractivity contribution in [2.75, 3.05) is 5.73 Å². The Kier molecular flexibility index (Phi) is 1.83. The second-order valence-electron chi connectivity index (χ2n) is 3.40. The van der Waals surface area contributed by atoms with Gasteiger partial charge in [-0.1, -0.05) is 0 Å². The SMILES string of the molecule is Nc1ccc(-c2cnc3ncccn23)cn1. The highest BCUT2D eigenvalue weighted by Gasteiger charge is 2.05. The van der Waals surface area contributed by atoms with Gasteiger partial charge in [-0.05, 0) is 18.2 Å². The lowest BCUT2D eigenvalue weighted by atomic mass is 10.2. The van der Waals surface area contributed by atoms with Crippen LogP contribution < -0.4 is 5.73 Å². The predicted molar refractivity (Wildman–Crippen MR) is 60.6 cm³/mol. The second kappa shape index (κ2) is 3.30. The van der Waals surface area contributed by atoms with Crippen LogP contribution in [-0.4, -0.2) is 19.4 Å². The number of aromatic nitrogens is 4. The van der Waals surface area contributed by atoms with E-state index in [1.807, 2.05) is 22.7 Å². The minimum atomic E-state index is 0.510. The number of anilines is 1. The quantitative estimate of drug-likeness (QED) is 0.660. The molecule has 2 N–H and O–H groups in total. The number of nitrogens with zero attached hydrogens (tertiary/aromatic N) is 4. The van der Waals surface area contributed by atoms with E-state index in [1.165, 1.54) is 0 Å². The van der Waals surface area contributed by atoms with Crippen molar-refractivity contribution in [1.82, 2.24) is 19.4 Å². The third kappa shape index (κ3) is 1.30. The third-order valence-electron chi connectivity index (χ3n) is 2.37. The van der Waals surface area contributed by atoms with E-state index in [1.54, 1.807) is 24.7 Å². The molecule has 5 heteroatoms. The van der Waals surface area contributed by atoms with Crippen LogP contribution in [0.5, 0.6) is 0 Å². The average Bonchev–Trinajstić information content (AvgIpc) is 2.74. The van der Waals surface area contributed by atoms with Crippen LogP contribution in [0.3, 0.4) is 0 Å². The highest BCUT2D eigenvalue weighted by atomic mass is 15.1. The van der Waals surface area contributed by atoms with E-state index in [-0.39, 0.29) is 0 Å². The van der Waals surface area contributed by atoms with Crippen molar-refractivity contribution < 1.29 is 0 Å². The highest BCUT2D eigenvalue weighted by Crippen LogP contribution is 2.19. The molecule has 5 nitrogen and oxygen atoms in total. The summed E-state index contributed by atoms with van der Waals surface area (Å²) in [5.41, 5.74) is 7.47. The van der Waals surface area contributed by atoms with Crippen LogP contribution in [-0.2, 0) is 0 Å². The summed E-state index contributed by atoms with van der Waals surface area (Å²) in [5, 5.41) is 0. The number of imidazole rings is 1. The molecule has 0 saturated carbocycles. The number of rotatable bonds is 1. The number of nitrogens with two attached hydrogens (primary N) is 1. The maximum Gasteiger partial charge on any atom is 0.234 e. The van der Waals surface area contributed by atoms with E-state index in [0.29, 0.717) is 11.6 Å². The lowest BCUT2D eigenvalue weighted by molar-refractivity contribution is 1.11. The Balaban J connectivity index is 2.22. The summed E-state index contributed by atoms with van der Waals surface area (Å²) >= 11 is 0. The molecule has 16 heavy (non-hydrogen) atoms. The number of pyridine rings is 1. The van der Waals surface area contributed by atoms with Gasteiger partial charge >= 0.3 is 0 Å². The molecule has 0 aromatic carbocycles. The van der Waals surface area contributed by atoms with Crippen LogP contribution in [0.1, 0.15) is 0 Å². The first kappa shape index (κ1) is 8.84. The molecule has 0 bridgehead atoms. The Hall–Kier alpha value is -2.43. The Morgan fingerprint density at radius 2 is 2.00 bits per heavy atom. The summed E-state index contributed by atoms with van der Waals surface area (Å²) in [7, 11) is 0. The highest BCUT2D eigenvalue weighted by molar-refractivity contribution is 5.62. The molecule has 0 aliphatic carbocycles. The largest absolute Gasteiger partial charge is 0.384 e. The number of fused-ring (bicyclic) bond motifs is 1. The van der Waals surface area contributed by atoms with E-state index >= 15 is 0 Å². The molecule has 0 fully saturated rings. The molecule has 0 radical (unpaired) electrons. The fourth-order valence-electron chi connectivity index (χ4n) is 1.60. The van der Waals surface area contributed by atoms with Crippen molar-refractivity contribution >= 4 is 11.6 Å². The molecule has 0 aliphatic rings. The number of hydrogen-bond acceptors (Lipinski definition) is 4. The Bertz CT molecular complexity index is 626. The fraction of sp³-hybridized carbons (Fsp3) is 0. The molecule has 0 aliphatic heterocycles. The summed E-state index contributed by atoms with van der Waals surface area (Å²) in [6.07, 6.45) is 7.13. The first-order valence-electron chi connectivity index (χ1n) is 4.84. The summed E-state index contributed by atoms with van der Waals surface area (Å²) < 4.78 is 1.91. The van der Waals surface area contributed by atoms with Crippen LogP contribution in [0.4, 0.5) is 5.82 Å². The molecule has 0 spiro atoms. The van der Waals surface area contributed by atoms with E-state index in [4.69, 9.17) is 5.73 Å². The van der Waals surface area contributed by atoms with Crippen molar-refractivity contribution in [2.24, 2.45) is 0 Å². The maximum absolute atomic E-state index is 5.55. The zero-order valence-electron chi connectivity index (χ0n) is 8.41. The first-order chi connectivity index (χ1) is 7.84. The zero-order valence-corrected chi connectivity index (χ0v) is 8.41. The first-order valence-corrected chi connectivity index (χ1v) is 4.84. The monoisotopic (exact) mass is 211 g/mol. The van der Waals surface area contributed by atoms with E-state index in [2.05, 4.69) is 15.0 Å². The summed E-state index contributed by atoms with van der Waals surface area (Å²) in [4.78, 5) is 12.4. The smallest absolute Gasteiger partial charge is 0.234 e. The van der Waals surface area contributed by atoms with Gasteiger partial charge in [0.15, 0.2) is 0 Å². The van der Waals surface area contributed by atoms with E-state index < -0.39 is 0 Å². The van der Waals surface area contributed by atoms with Gasteiger partial charge in [0.1, 0.15) is 5.82 Å². The van der Waals surface area contributed by atoms with Crippen molar-refractivity contribution in [2.45, 2.75) is 0 Å². The van der Waals surface area contributed by atoms with Crippen molar-refractivity contribution in [3.8, 4) is 11.3 Å². The van der Waals surface area contributed by atoms with Crippen LogP contribution >= 0.6 is 0 Å². The summed E-state index contributed by atoms with van der Waals surface area (Å²) in [5.74, 6) is 1.19. The molecule has 0 atom stereocenters. The van der Waals surface area contributed by atoms with Gasteiger partial charge in [0, 0.05) is 24.2 Å². The van der Waals surface area contributed by atoms with E-state index in [9.17, 15) is 0 Å². The fourth-order valence-corrected chi connectivity index (χ4v) is 1.60. The van der Waals surface area contributed by atoms with Crippen molar-refractivity contribution in [3.63, 3.8) is 0 Å². The van der Waals surface area contributed by atoms with E-state index in [0.717, 1.165) is 11.3 Å². The molecule has 3 aromatic heterocycles. The van der Waals surface area contributed by atoms with Gasteiger partial charge in [-0.3, -0.25) is 4.40 Å². The molecular formula is C11H9N5. The Labute approximate surface area is 91.6 Å². The van der Waals surface area contributed by atoms with Gasteiger partial charge in [-0.15, -0.1) is 0 Å². The summed E-state index contributed by atoms with van der Waals surface area (Å²) in [6, 6.07) is 5.55. The van der Waals surface area contributed by atoms with Crippen LogP contribution in [0.15, 0.2) is 43.0 Å². The standard InChI is InChI=1S/C11H9N5/c12-10-3-2-8(6-14-10)9-7-15-11-13-4-1-5-16(9)11/h1-7H,(H2,12,14). The van der Waals surface area contributed by atoms with Gasteiger partial charge in [0.25, 0.3) is 0 Å². The average molecular weight is 211 g/mol. The number of hydrogen-bond donors (Lipinski definition) is 1. The zero-order chi connectivity index (χ0) is 11.0. The molecule has 0 unspecified atom stereocenters. The second-order valence-corrected chi connectivity index (χ2v) is 3.40. The molecule has 3 rings (SSSR count). The summed E-state index contributed by atoms with van der Waals surface area (Å²) in [6.45, 7) is 0. The topological polar surface area (TPSA) is 69.1 Å².